The second-order valence-electron chi connectivity index (χ2n) is 3.35. The van der Waals surface area contributed by atoms with Crippen molar-refractivity contribution in [1.29, 1.82) is 0 Å². The highest BCUT2D eigenvalue weighted by Gasteiger charge is 2.20. The summed E-state index contributed by atoms with van der Waals surface area (Å²) in [4.78, 5) is 0.0260. The highest BCUT2D eigenvalue weighted by atomic mass is 32.2. The van der Waals surface area contributed by atoms with E-state index in [0.29, 0.717) is 5.56 Å². The van der Waals surface area contributed by atoms with Crippen LogP contribution in [0.1, 0.15) is 5.56 Å². The molecule has 0 saturated heterocycles. The Bertz CT molecular complexity index is 456. The summed E-state index contributed by atoms with van der Waals surface area (Å²) in [5, 5.41) is 17.6. The number of nitrogen functional groups attached to an aromatic ring is 1. The SMILES string of the molecule is Nc1cccc(CCO)c1S(=O)(=O)CCO. The van der Waals surface area contributed by atoms with Crippen molar-refractivity contribution in [2.45, 2.75) is 11.3 Å². The average Bonchev–Trinajstić information content (AvgIpc) is 2.17. The van der Waals surface area contributed by atoms with Crippen molar-refractivity contribution in [3.05, 3.63) is 23.8 Å². The third kappa shape index (κ3) is 2.72. The van der Waals surface area contributed by atoms with Gasteiger partial charge in [0.05, 0.1) is 22.9 Å². The third-order valence-corrected chi connectivity index (χ3v) is 4.02. The van der Waals surface area contributed by atoms with E-state index in [1.54, 1.807) is 12.1 Å². The van der Waals surface area contributed by atoms with Crippen molar-refractivity contribution in [3.63, 3.8) is 0 Å². The molecule has 0 fully saturated rings. The van der Waals surface area contributed by atoms with Crippen LogP contribution in [-0.2, 0) is 16.3 Å². The molecule has 16 heavy (non-hydrogen) atoms. The van der Waals surface area contributed by atoms with Crippen LogP contribution in [0.4, 0.5) is 5.69 Å². The van der Waals surface area contributed by atoms with E-state index in [0.717, 1.165) is 0 Å². The maximum Gasteiger partial charge on any atom is 0.182 e. The quantitative estimate of drug-likeness (QED) is 0.611. The summed E-state index contributed by atoms with van der Waals surface area (Å²) >= 11 is 0. The van der Waals surface area contributed by atoms with Gasteiger partial charge in [-0.05, 0) is 18.1 Å². The lowest BCUT2D eigenvalue weighted by molar-refractivity contribution is 0.298. The van der Waals surface area contributed by atoms with E-state index in [2.05, 4.69) is 0 Å². The zero-order valence-corrected chi connectivity index (χ0v) is 9.57. The first-order valence-electron chi connectivity index (χ1n) is 4.84. The first-order chi connectivity index (χ1) is 7.53. The van der Waals surface area contributed by atoms with Crippen molar-refractivity contribution in [2.24, 2.45) is 0 Å². The number of hydrogen-bond donors (Lipinski definition) is 3. The fraction of sp³-hybridized carbons (Fsp3) is 0.400. The lowest BCUT2D eigenvalue weighted by atomic mass is 10.1. The van der Waals surface area contributed by atoms with Gasteiger partial charge in [-0.2, -0.15) is 0 Å². The molecule has 0 bridgehead atoms. The zero-order chi connectivity index (χ0) is 12.2. The van der Waals surface area contributed by atoms with Gasteiger partial charge in [-0.25, -0.2) is 8.42 Å². The molecule has 0 aliphatic heterocycles. The Kier molecular flexibility index (Phi) is 4.28. The topological polar surface area (TPSA) is 101 Å². The van der Waals surface area contributed by atoms with Gasteiger partial charge in [-0.1, -0.05) is 12.1 Å². The molecule has 4 N–H and O–H groups in total. The van der Waals surface area contributed by atoms with Gasteiger partial charge in [0.25, 0.3) is 0 Å². The predicted octanol–water partition coefficient (Wildman–Crippen LogP) is -0.430. The van der Waals surface area contributed by atoms with E-state index < -0.39 is 16.4 Å². The Balaban J connectivity index is 3.30. The summed E-state index contributed by atoms with van der Waals surface area (Å²) in [6.07, 6.45) is 0.227. The monoisotopic (exact) mass is 245 g/mol. The highest BCUT2D eigenvalue weighted by Crippen LogP contribution is 2.24. The minimum atomic E-state index is -3.58. The van der Waals surface area contributed by atoms with Crippen molar-refractivity contribution in [2.75, 3.05) is 24.7 Å². The first kappa shape index (κ1) is 13.0. The van der Waals surface area contributed by atoms with Crippen molar-refractivity contribution >= 4 is 15.5 Å². The van der Waals surface area contributed by atoms with E-state index in [4.69, 9.17) is 15.9 Å². The molecule has 0 amide bonds. The molecule has 0 aromatic heterocycles. The second kappa shape index (κ2) is 5.29. The van der Waals surface area contributed by atoms with E-state index in [1.165, 1.54) is 6.07 Å². The summed E-state index contributed by atoms with van der Waals surface area (Å²) < 4.78 is 23.7. The van der Waals surface area contributed by atoms with Crippen LogP contribution in [0, 0.1) is 0 Å². The highest BCUT2D eigenvalue weighted by molar-refractivity contribution is 7.91. The fourth-order valence-corrected chi connectivity index (χ4v) is 2.96. The van der Waals surface area contributed by atoms with Gasteiger partial charge >= 0.3 is 0 Å². The van der Waals surface area contributed by atoms with Crippen molar-refractivity contribution in [1.82, 2.24) is 0 Å². The molecular weight excluding hydrogens is 230 g/mol. The van der Waals surface area contributed by atoms with Crippen LogP contribution in [0.3, 0.4) is 0 Å². The lowest BCUT2D eigenvalue weighted by Crippen LogP contribution is -2.15. The number of benzene rings is 1. The predicted molar refractivity (Wildman–Crippen MR) is 60.8 cm³/mol. The molecule has 1 aromatic carbocycles. The van der Waals surface area contributed by atoms with Gasteiger partial charge in [0.15, 0.2) is 9.84 Å². The third-order valence-electron chi connectivity index (χ3n) is 2.18. The Labute approximate surface area is 94.4 Å². The number of hydrogen-bond acceptors (Lipinski definition) is 5. The normalized spacial score (nSPS) is 11.6. The number of rotatable bonds is 5. The van der Waals surface area contributed by atoms with Gasteiger partial charge in [-0.15, -0.1) is 0 Å². The maximum absolute atomic E-state index is 11.8. The summed E-state index contributed by atoms with van der Waals surface area (Å²) in [6.45, 7) is -0.597. The number of anilines is 1. The van der Waals surface area contributed by atoms with Crippen LogP contribution >= 0.6 is 0 Å². The molecule has 5 nitrogen and oxygen atoms in total. The van der Waals surface area contributed by atoms with E-state index >= 15 is 0 Å². The molecular formula is C10H15NO4S. The molecule has 0 heterocycles. The minimum absolute atomic E-state index is 0.0260. The Morgan fingerprint density at radius 1 is 1.19 bits per heavy atom. The van der Waals surface area contributed by atoms with Crippen LogP contribution in [0.25, 0.3) is 0 Å². The standard InChI is InChI=1S/C10H15NO4S/c11-9-3-1-2-8(4-5-12)10(9)16(14,15)7-6-13/h1-3,12-13H,4-7,11H2. The summed E-state index contributed by atoms with van der Waals surface area (Å²) in [5.41, 5.74) is 6.26. The van der Waals surface area contributed by atoms with Gasteiger partial charge in [0.2, 0.25) is 0 Å². The number of aliphatic hydroxyl groups is 2. The minimum Gasteiger partial charge on any atom is -0.398 e. The van der Waals surface area contributed by atoms with E-state index in [9.17, 15) is 8.42 Å². The van der Waals surface area contributed by atoms with E-state index in [1.807, 2.05) is 0 Å². The molecule has 0 saturated carbocycles. The number of nitrogens with two attached hydrogens (primary N) is 1. The largest absolute Gasteiger partial charge is 0.398 e. The van der Waals surface area contributed by atoms with Crippen LogP contribution < -0.4 is 5.73 Å². The smallest absolute Gasteiger partial charge is 0.182 e. The summed E-state index contributed by atoms with van der Waals surface area (Å²) in [7, 11) is -3.58. The van der Waals surface area contributed by atoms with Gasteiger partial charge < -0.3 is 15.9 Å². The molecule has 0 radical (unpaired) electrons. The molecule has 0 aliphatic rings. The van der Waals surface area contributed by atoms with Crippen molar-refractivity contribution in [3.8, 4) is 0 Å². The first-order valence-corrected chi connectivity index (χ1v) is 6.50. The fourth-order valence-electron chi connectivity index (χ4n) is 1.52. The molecule has 1 rings (SSSR count). The Morgan fingerprint density at radius 3 is 2.44 bits per heavy atom. The summed E-state index contributed by atoms with van der Waals surface area (Å²) in [6, 6.07) is 4.74. The van der Waals surface area contributed by atoms with Crippen LogP contribution in [0.15, 0.2) is 23.1 Å². The maximum atomic E-state index is 11.8. The average molecular weight is 245 g/mol. The lowest BCUT2D eigenvalue weighted by Gasteiger charge is -2.11. The molecule has 0 aliphatic carbocycles. The Morgan fingerprint density at radius 2 is 1.88 bits per heavy atom. The zero-order valence-electron chi connectivity index (χ0n) is 8.76. The number of sulfone groups is 1. The molecule has 1 aromatic rings. The molecule has 6 heteroatoms. The van der Waals surface area contributed by atoms with Crippen molar-refractivity contribution < 1.29 is 18.6 Å². The molecule has 0 unspecified atom stereocenters. The molecule has 0 spiro atoms. The molecule has 90 valence electrons. The Hall–Kier alpha value is -1.11. The van der Waals surface area contributed by atoms with Gasteiger partial charge in [-0.3, -0.25) is 0 Å². The van der Waals surface area contributed by atoms with Gasteiger partial charge in [0.1, 0.15) is 0 Å². The summed E-state index contributed by atoms with van der Waals surface area (Å²) in [5.74, 6) is -0.361. The molecule has 0 atom stereocenters. The van der Waals surface area contributed by atoms with E-state index in [-0.39, 0.29) is 29.4 Å². The van der Waals surface area contributed by atoms with Crippen LogP contribution in [-0.4, -0.2) is 37.6 Å². The van der Waals surface area contributed by atoms with Crippen LogP contribution in [0.5, 0.6) is 0 Å². The second-order valence-corrected chi connectivity index (χ2v) is 5.40. The van der Waals surface area contributed by atoms with Crippen LogP contribution in [0.2, 0.25) is 0 Å². The van der Waals surface area contributed by atoms with Gasteiger partial charge in [0, 0.05) is 6.61 Å². The number of aliphatic hydroxyl groups excluding tert-OH is 2.